The molecular weight excluding hydrogens is 226 g/mol. The monoisotopic (exact) mass is 251 g/mol. The molecule has 2 atom stereocenters. The molecule has 0 aromatic rings. The lowest BCUT2D eigenvalue weighted by atomic mass is 9.83. The van der Waals surface area contributed by atoms with E-state index in [2.05, 4.69) is 6.92 Å². The van der Waals surface area contributed by atoms with Crippen molar-refractivity contribution >= 4 is 12.2 Å². The third-order valence-corrected chi connectivity index (χ3v) is 4.60. The number of amides is 1. The lowest BCUT2D eigenvalue weighted by Gasteiger charge is -2.20. The highest BCUT2D eigenvalue weighted by Gasteiger charge is 2.44. The summed E-state index contributed by atoms with van der Waals surface area (Å²) in [5, 5.41) is 0. The number of carbonyl (C=O) groups is 2. The minimum Gasteiger partial charge on any atom is -0.342 e. The summed E-state index contributed by atoms with van der Waals surface area (Å²) >= 11 is 0. The molecule has 102 valence electrons. The predicted molar refractivity (Wildman–Crippen MR) is 71.1 cm³/mol. The molecule has 0 aromatic carbocycles. The Morgan fingerprint density at radius 1 is 1.28 bits per heavy atom. The first-order valence-electron chi connectivity index (χ1n) is 7.52. The summed E-state index contributed by atoms with van der Waals surface area (Å²) in [7, 11) is 0. The van der Waals surface area contributed by atoms with Crippen molar-refractivity contribution in [2.45, 2.75) is 51.9 Å². The molecule has 0 spiro atoms. The number of hydrogen-bond acceptors (Lipinski definition) is 2. The van der Waals surface area contributed by atoms with Crippen LogP contribution < -0.4 is 0 Å². The van der Waals surface area contributed by atoms with Crippen LogP contribution in [0.15, 0.2) is 0 Å². The molecular formula is C15H25NO2. The molecule has 1 heterocycles. The molecule has 0 radical (unpaired) electrons. The number of unbranched alkanes of at least 4 members (excludes halogenated alkanes) is 2. The van der Waals surface area contributed by atoms with Crippen molar-refractivity contribution in [2.75, 3.05) is 13.1 Å². The largest absolute Gasteiger partial charge is 0.342 e. The topological polar surface area (TPSA) is 37.4 Å². The van der Waals surface area contributed by atoms with E-state index in [0.29, 0.717) is 12.5 Å². The summed E-state index contributed by atoms with van der Waals surface area (Å²) in [6.45, 7) is 3.69. The number of aldehydes is 1. The summed E-state index contributed by atoms with van der Waals surface area (Å²) in [5.74, 6) is 0.702. The molecule has 1 aliphatic carbocycles. The van der Waals surface area contributed by atoms with Crippen molar-refractivity contribution < 1.29 is 9.59 Å². The van der Waals surface area contributed by atoms with E-state index in [-0.39, 0.29) is 17.7 Å². The first kappa shape index (κ1) is 13.6. The minimum absolute atomic E-state index is 0.00614. The Labute approximate surface area is 110 Å². The van der Waals surface area contributed by atoms with E-state index in [9.17, 15) is 9.59 Å². The van der Waals surface area contributed by atoms with Gasteiger partial charge in [-0.25, -0.2) is 0 Å². The second-order valence-electron chi connectivity index (χ2n) is 5.86. The van der Waals surface area contributed by atoms with Crippen LogP contribution in [0.1, 0.15) is 51.9 Å². The van der Waals surface area contributed by atoms with Gasteiger partial charge in [0.15, 0.2) is 0 Å². The third-order valence-electron chi connectivity index (χ3n) is 4.60. The Hall–Kier alpha value is -0.860. The highest BCUT2D eigenvalue weighted by molar-refractivity contribution is 5.85. The maximum atomic E-state index is 12.4. The fraction of sp³-hybridized carbons (Fsp3) is 0.867. The zero-order valence-corrected chi connectivity index (χ0v) is 11.4. The summed E-state index contributed by atoms with van der Waals surface area (Å²) in [6.07, 6.45) is 9.19. The lowest BCUT2D eigenvalue weighted by Crippen LogP contribution is -2.30. The fourth-order valence-electron chi connectivity index (χ4n) is 3.60. The number of hydrogen-bond donors (Lipinski definition) is 0. The maximum absolute atomic E-state index is 12.4. The van der Waals surface area contributed by atoms with Crippen molar-refractivity contribution in [3.05, 3.63) is 0 Å². The van der Waals surface area contributed by atoms with Crippen molar-refractivity contribution in [1.29, 1.82) is 0 Å². The smallest absolute Gasteiger partial charge is 0.226 e. The van der Waals surface area contributed by atoms with Crippen LogP contribution in [-0.4, -0.2) is 30.2 Å². The molecule has 18 heavy (non-hydrogen) atoms. The van der Waals surface area contributed by atoms with Gasteiger partial charge in [-0.15, -0.1) is 0 Å². The Kier molecular flexibility index (Phi) is 4.79. The summed E-state index contributed by atoms with van der Waals surface area (Å²) in [6, 6.07) is 0. The standard InChI is InChI=1S/C15H25NO2/c1-2-3-6-9-16-10-13(11-17)14(15(16)18)12-7-4-5-8-12/h11-14H,2-10H2,1H3. The average Bonchev–Trinajstić information content (AvgIpc) is 2.98. The molecule has 3 heteroatoms. The molecule has 2 unspecified atom stereocenters. The molecule has 2 aliphatic rings. The van der Waals surface area contributed by atoms with Gasteiger partial charge in [0.2, 0.25) is 5.91 Å². The number of carbonyl (C=O) groups excluding carboxylic acids is 2. The number of nitrogens with zero attached hydrogens (tertiary/aromatic N) is 1. The summed E-state index contributed by atoms with van der Waals surface area (Å²) in [4.78, 5) is 25.6. The van der Waals surface area contributed by atoms with Crippen molar-refractivity contribution in [1.82, 2.24) is 4.90 Å². The van der Waals surface area contributed by atoms with E-state index in [4.69, 9.17) is 0 Å². The molecule has 1 amide bonds. The van der Waals surface area contributed by atoms with Gasteiger partial charge >= 0.3 is 0 Å². The van der Waals surface area contributed by atoms with Gasteiger partial charge < -0.3 is 9.69 Å². The highest BCUT2D eigenvalue weighted by atomic mass is 16.2. The number of likely N-dealkylation sites (tertiary alicyclic amines) is 1. The molecule has 0 bridgehead atoms. The lowest BCUT2D eigenvalue weighted by molar-refractivity contribution is -0.133. The SMILES string of the molecule is CCCCCN1CC(C=O)C(C2CCCC2)C1=O. The van der Waals surface area contributed by atoms with E-state index >= 15 is 0 Å². The summed E-state index contributed by atoms with van der Waals surface area (Å²) < 4.78 is 0. The quantitative estimate of drug-likeness (QED) is 0.537. The first-order chi connectivity index (χ1) is 8.77. The van der Waals surface area contributed by atoms with Crippen molar-refractivity contribution in [3.8, 4) is 0 Å². The highest BCUT2D eigenvalue weighted by Crippen LogP contribution is 2.39. The van der Waals surface area contributed by atoms with Gasteiger partial charge in [0.25, 0.3) is 0 Å². The predicted octanol–water partition coefficient (Wildman–Crippen LogP) is 2.64. The molecule has 0 N–H and O–H groups in total. The molecule has 1 saturated carbocycles. The second kappa shape index (κ2) is 6.35. The van der Waals surface area contributed by atoms with E-state index in [1.54, 1.807) is 0 Å². The van der Waals surface area contributed by atoms with Crippen LogP contribution in [-0.2, 0) is 9.59 Å². The Morgan fingerprint density at radius 2 is 2.00 bits per heavy atom. The van der Waals surface area contributed by atoms with Crippen molar-refractivity contribution in [3.63, 3.8) is 0 Å². The second-order valence-corrected chi connectivity index (χ2v) is 5.86. The van der Waals surface area contributed by atoms with Crippen LogP contribution in [0.25, 0.3) is 0 Å². The molecule has 1 saturated heterocycles. The Bertz CT molecular complexity index is 297. The zero-order chi connectivity index (χ0) is 13.0. The number of rotatable bonds is 6. The van der Waals surface area contributed by atoms with Crippen LogP contribution in [0.3, 0.4) is 0 Å². The molecule has 0 aromatic heterocycles. The van der Waals surface area contributed by atoms with E-state index in [1.165, 1.54) is 25.7 Å². The van der Waals surface area contributed by atoms with Gasteiger partial charge in [-0.2, -0.15) is 0 Å². The normalized spacial score (nSPS) is 29.2. The van der Waals surface area contributed by atoms with Crippen LogP contribution >= 0.6 is 0 Å². The van der Waals surface area contributed by atoms with E-state index in [0.717, 1.165) is 32.1 Å². The van der Waals surface area contributed by atoms with Crippen LogP contribution in [0.2, 0.25) is 0 Å². The van der Waals surface area contributed by atoms with Gasteiger partial charge in [-0.3, -0.25) is 4.79 Å². The van der Waals surface area contributed by atoms with Crippen LogP contribution in [0, 0.1) is 17.8 Å². The maximum Gasteiger partial charge on any atom is 0.226 e. The van der Waals surface area contributed by atoms with Gasteiger partial charge in [-0.1, -0.05) is 32.6 Å². The zero-order valence-electron chi connectivity index (χ0n) is 11.4. The Balaban J connectivity index is 1.96. The fourth-order valence-corrected chi connectivity index (χ4v) is 3.60. The molecule has 2 fully saturated rings. The third kappa shape index (κ3) is 2.76. The van der Waals surface area contributed by atoms with Crippen LogP contribution in [0.5, 0.6) is 0 Å². The Morgan fingerprint density at radius 3 is 2.61 bits per heavy atom. The van der Waals surface area contributed by atoms with Crippen molar-refractivity contribution in [2.24, 2.45) is 17.8 Å². The molecule has 1 aliphatic heterocycles. The van der Waals surface area contributed by atoms with E-state index in [1.807, 2.05) is 4.90 Å². The minimum atomic E-state index is -0.0396. The average molecular weight is 251 g/mol. The summed E-state index contributed by atoms with van der Waals surface area (Å²) in [5.41, 5.74) is 0. The van der Waals surface area contributed by atoms with Crippen LogP contribution in [0.4, 0.5) is 0 Å². The molecule has 3 nitrogen and oxygen atoms in total. The van der Waals surface area contributed by atoms with E-state index < -0.39 is 0 Å². The first-order valence-corrected chi connectivity index (χ1v) is 7.52. The van der Waals surface area contributed by atoms with Gasteiger partial charge in [0.05, 0.1) is 5.92 Å². The van der Waals surface area contributed by atoms with Gasteiger partial charge in [0, 0.05) is 19.0 Å². The molecule has 2 rings (SSSR count). The van der Waals surface area contributed by atoms with Gasteiger partial charge in [0.1, 0.15) is 6.29 Å². The van der Waals surface area contributed by atoms with Gasteiger partial charge in [-0.05, 0) is 25.2 Å².